The minimum absolute atomic E-state index is 2.55. The average Bonchev–Trinajstić information content (AvgIpc) is 2.34. The number of aliphatic hydroxyl groups excluding tert-OH is 2. The normalized spacial score (nSPS) is 20.1. The first-order valence-electron chi connectivity index (χ1n) is 5.39. The lowest BCUT2D eigenvalue weighted by Gasteiger charge is -2.31. The fraction of sp³-hybridized carbons (Fsp3) is 1.00. The Balaban J connectivity index is 5.19. The molecule has 0 aromatic carbocycles. The molecule has 2 nitrogen and oxygen atoms in total. The third-order valence-corrected chi connectivity index (χ3v) is 2.59. The summed E-state index contributed by atoms with van der Waals surface area (Å²) in [4.78, 5) is 0. The lowest BCUT2D eigenvalue weighted by Crippen LogP contribution is -2.54. The van der Waals surface area contributed by atoms with E-state index in [2.05, 4.69) is 0 Å². The van der Waals surface area contributed by atoms with Crippen LogP contribution in [-0.2, 0) is 0 Å². The lowest BCUT2D eigenvalue weighted by atomic mass is 9.96. The number of alkyl halides is 12. The summed E-state index contributed by atoms with van der Waals surface area (Å²) in [7, 11) is 0. The molecule has 0 spiro atoms. The minimum atomic E-state index is -6.23. The van der Waals surface area contributed by atoms with Crippen LogP contribution in [0.1, 0.15) is 6.42 Å². The van der Waals surface area contributed by atoms with E-state index in [1.807, 2.05) is 0 Å². The van der Waals surface area contributed by atoms with Gasteiger partial charge in [-0.15, -0.1) is 0 Å². The topological polar surface area (TPSA) is 40.5 Å². The zero-order valence-corrected chi connectivity index (χ0v) is 10.4. The Labute approximate surface area is 119 Å². The second kappa shape index (κ2) is 6.53. The Morgan fingerprint density at radius 1 is 0.565 bits per heavy atom. The molecule has 23 heavy (non-hydrogen) atoms. The van der Waals surface area contributed by atoms with Crippen molar-refractivity contribution in [2.24, 2.45) is 0 Å². The number of hydrogen-bond donors (Lipinski definition) is 2. The monoisotopic (exact) mass is 376 g/mol. The number of halogens is 12. The van der Waals surface area contributed by atoms with Gasteiger partial charge in [0, 0.05) is 6.42 Å². The highest BCUT2D eigenvalue weighted by Crippen LogP contribution is 2.42. The number of rotatable bonds is 6. The third kappa shape index (κ3) is 5.02. The number of aliphatic hydroxyl groups is 2. The maximum Gasteiger partial charge on any atom is 0.425 e. The van der Waals surface area contributed by atoms with E-state index in [0.717, 1.165) is 0 Å². The van der Waals surface area contributed by atoms with Crippen molar-refractivity contribution in [3.63, 3.8) is 0 Å². The van der Waals surface area contributed by atoms with Crippen molar-refractivity contribution in [1.29, 1.82) is 0 Å². The van der Waals surface area contributed by atoms with Gasteiger partial charge < -0.3 is 10.2 Å². The van der Waals surface area contributed by atoms with Crippen molar-refractivity contribution in [1.82, 2.24) is 0 Å². The van der Waals surface area contributed by atoms with E-state index in [9.17, 15) is 52.7 Å². The molecule has 0 fully saturated rings. The van der Waals surface area contributed by atoms with Gasteiger partial charge in [0.1, 0.15) is 12.2 Å². The van der Waals surface area contributed by atoms with Gasteiger partial charge in [-0.2, -0.15) is 26.3 Å². The van der Waals surface area contributed by atoms with Gasteiger partial charge in [-0.1, -0.05) is 0 Å². The van der Waals surface area contributed by atoms with Crippen LogP contribution in [0.3, 0.4) is 0 Å². The average molecular weight is 376 g/mol. The Morgan fingerprint density at radius 3 is 0.957 bits per heavy atom. The Hall–Kier alpha value is -0.920. The quantitative estimate of drug-likeness (QED) is 0.700. The largest absolute Gasteiger partial charge is 0.425 e. The van der Waals surface area contributed by atoms with E-state index in [1.165, 1.54) is 0 Å². The Morgan fingerprint density at radius 2 is 0.783 bits per heavy atom. The van der Waals surface area contributed by atoms with E-state index in [-0.39, 0.29) is 0 Å². The molecule has 0 saturated heterocycles. The molecule has 0 aliphatic carbocycles. The zero-order valence-electron chi connectivity index (χ0n) is 10.4. The van der Waals surface area contributed by atoms with Gasteiger partial charge in [-0.3, -0.25) is 0 Å². The molecule has 2 N–H and O–H groups in total. The molecule has 0 heterocycles. The Bertz CT molecular complexity index is 353. The predicted molar refractivity (Wildman–Crippen MR) is 48.4 cm³/mol. The van der Waals surface area contributed by atoms with Crippen molar-refractivity contribution < 1.29 is 62.9 Å². The predicted octanol–water partition coefficient (Wildman–Crippen LogP) is 3.17. The first-order chi connectivity index (χ1) is 9.86. The van der Waals surface area contributed by atoms with Crippen LogP contribution in [0.4, 0.5) is 52.7 Å². The molecule has 0 radical (unpaired) electrons. The second-order valence-electron chi connectivity index (χ2n) is 4.42. The summed E-state index contributed by atoms with van der Waals surface area (Å²) >= 11 is 0. The first kappa shape index (κ1) is 22.1. The summed E-state index contributed by atoms with van der Waals surface area (Å²) < 4.78 is 147. The third-order valence-electron chi connectivity index (χ3n) is 2.59. The van der Waals surface area contributed by atoms with E-state index in [4.69, 9.17) is 10.2 Å². The van der Waals surface area contributed by atoms with Gasteiger partial charge in [0.25, 0.3) is 12.3 Å². The molecule has 0 aromatic rings. The molecular weight excluding hydrogens is 368 g/mol. The number of hydrogen-bond acceptors (Lipinski definition) is 2. The van der Waals surface area contributed by atoms with Crippen molar-refractivity contribution in [3.05, 3.63) is 0 Å². The maximum atomic E-state index is 12.9. The first-order valence-corrected chi connectivity index (χ1v) is 5.39. The van der Waals surface area contributed by atoms with Crippen molar-refractivity contribution in [2.45, 2.75) is 55.2 Å². The molecule has 0 aromatic heterocycles. The lowest BCUT2D eigenvalue weighted by molar-refractivity contribution is -0.285. The summed E-state index contributed by atoms with van der Waals surface area (Å²) in [5.74, 6) is -11.5. The molecule has 0 bridgehead atoms. The molecule has 140 valence electrons. The van der Waals surface area contributed by atoms with Crippen molar-refractivity contribution in [2.75, 3.05) is 0 Å². The van der Waals surface area contributed by atoms with Crippen LogP contribution >= 0.6 is 0 Å². The van der Waals surface area contributed by atoms with Gasteiger partial charge in [0.05, 0.1) is 0 Å². The molecule has 4 unspecified atom stereocenters. The highest BCUT2D eigenvalue weighted by Gasteiger charge is 2.64. The van der Waals surface area contributed by atoms with Crippen LogP contribution in [0.2, 0.25) is 0 Å². The zero-order chi connectivity index (χ0) is 19.0. The van der Waals surface area contributed by atoms with E-state index < -0.39 is 55.2 Å². The molecule has 0 aliphatic rings. The van der Waals surface area contributed by atoms with Crippen LogP contribution in [0, 0.1) is 0 Å². The fourth-order valence-corrected chi connectivity index (χ4v) is 1.30. The highest BCUT2D eigenvalue weighted by molar-refractivity contribution is 4.95. The van der Waals surface area contributed by atoms with Crippen LogP contribution in [0.5, 0.6) is 0 Å². The summed E-state index contributed by atoms with van der Waals surface area (Å²) in [5.41, 5.74) is 0. The maximum absolute atomic E-state index is 12.9. The molecular formula is C9H8F12O2. The van der Waals surface area contributed by atoms with E-state index >= 15 is 0 Å². The SMILES string of the molecule is OC(CC(O)C(F)(F)C(F)C(F)(F)F)C(F)(F)C(F)C(F)(F)F. The molecule has 14 heteroatoms. The second-order valence-corrected chi connectivity index (χ2v) is 4.42. The molecule has 0 rings (SSSR count). The van der Waals surface area contributed by atoms with Crippen molar-refractivity contribution in [3.8, 4) is 0 Å². The molecule has 0 amide bonds. The van der Waals surface area contributed by atoms with Gasteiger partial charge in [-0.25, -0.2) is 26.3 Å². The van der Waals surface area contributed by atoms with Gasteiger partial charge in [-0.05, 0) is 0 Å². The summed E-state index contributed by atoms with van der Waals surface area (Å²) in [5, 5.41) is 17.3. The molecule has 4 atom stereocenters. The van der Waals surface area contributed by atoms with E-state index in [0.29, 0.717) is 0 Å². The smallest absolute Gasteiger partial charge is 0.387 e. The molecule has 0 aliphatic heterocycles. The Kier molecular flexibility index (Phi) is 6.27. The molecule has 0 saturated carbocycles. The van der Waals surface area contributed by atoms with Crippen LogP contribution in [-0.4, -0.2) is 59.0 Å². The van der Waals surface area contributed by atoms with Gasteiger partial charge in [0.2, 0.25) is 0 Å². The van der Waals surface area contributed by atoms with Crippen molar-refractivity contribution >= 4 is 0 Å². The highest BCUT2D eigenvalue weighted by atomic mass is 19.4. The van der Waals surface area contributed by atoms with Gasteiger partial charge in [0.15, 0.2) is 0 Å². The summed E-state index contributed by atoms with van der Waals surface area (Å²) in [6, 6.07) is 0. The minimum Gasteiger partial charge on any atom is -0.387 e. The summed E-state index contributed by atoms with van der Waals surface area (Å²) in [6.45, 7) is 0. The fourth-order valence-electron chi connectivity index (χ4n) is 1.30. The summed E-state index contributed by atoms with van der Waals surface area (Å²) in [6.07, 6.45) is -33.0. The van der Waals surface area contributed by atoms with Crippen LogP contribution < -0.4 is 0 Å². The standard InChI is InChI=1S/C9H8F12O2/c10-4(8(16,17)18)6(12,13)2(22)1-3(23)7(14,15)5(11)9(19,20)21/h2-5,22-23H,1H2. The van der Waals surface area contributed by atoms with Crippen LogP contribution in [0.15, 0.2) is 0 Å². The van der Waals surface area contributed by atoms with Crippen LogP contribution in [0.25, 0.3) is 0 Å². The van der Waals surface area contributed by atoms with E-state index in [1.54, 1.807) is 0 Å². The van der Waals surface area contributed by atoms with Gasteiger partial charge >= 0.3 is 24.2 Å².